The van der Waals surface area contributed by atoms with Gasteiger partial charge in [0, 0.05) is 29.7 Å². The Hall–Kier alpha value is -2.56. The SMILES string of the molecule is C=CC1(C)CCCN1c1nc(N=CC=C(C)N)ccc1C(=C)N. The van der Waals surface area contributed by atoms with Crippen LogP contribution in [0.25, 0.3) is 5.70 Å². The summed E-state index contributed by atoms with van der Waals surface area (Å²) >= 11 is 0. The predicted octanol–water partition coefficient (Wildman–Crippen LogP) is 3.12. The minimum Gasteiger partial charge on any atom is -0.402 e. The van der Waals surface area contributed by atoms with Crippen molar-refractivity contribution in [3.8, 4) is 0 Å². The first-order valence-corrected chi connectivity index (χ1v) is 7.71. The molecule has 1 aliphatic heterocycles. The Labute approximate surface area is 138 Å². The van der Waals surface area contributed by atoms with E-state index in [0.717, 1.165) is 30.8 Å². The molecule has 1 saturated heterocycles. The van der Waals surface area contributed by atoms with E-state index in [2.05, 4.69) is 35.0 Å². The molecule has 5 nitrogen and oxygen atoms in total. The third-order valence-corrected chi connectivity index (χ3v) is 4.13. The van der Waals surface area contributed by atoms with Gasteiger partial charge in [0.2, 0.25) is 0 Å². The normalized spacial score (nSPS) is 21.8. The van der Waals surface area contributed by atoms with Crippen molar-refractivity contribution in [1.82, 2.24) is 4.98 Å². The molecule has 1 aromatic heterocycles. The van der Waals surface area contributed by atoms with Crippen molar-refractivity contribution >= 4 is 23.5 Å². The molecule has 2 rings (SSSR count). The van der Waals surface area contributed by atoms with Gasteiger partial charge in [-0.2, -0.15) is 0 Å². The van der Waals surface area contributed by atoms with E-state index >= 15 is 0 Å². The van der Waals surface area contributed by atoms with Crippen LogP contribution in [0.4, 0.5) is 11.6 Å². The fourth-order valence-corrected chi connectivity index (χ4v) is 2.74. The summed E-state index contributed by atoms with van der Waals surface area (Å²) in [6, 6.07) is 3.74. The molecule has 0 bridgehead atoms. The van der Waals surface area contributed by atoms with E-state index in [9.17, 15) is 0 Å². The highest BCUT2D eigenvalue weighted by molar-refractivity contribution is 5.77. The van der Waals surface area contributed by atoms with Crippen molar-refractivity contribution in [1.29, 1.82) is 0 Å². The lowest BCUT2D eigenvalue weighted by atomic mass is 9.98. The number of aliphatic imine (C=N–C) groups is 1. The maximum atomic E-state index is 5.95. The van der Waals surface area contributed by atoms with Crippen LogP contribution in [0, 0.1) is 0 Å². The Kier molecular flexibility index (Phi) is 4.89. The van der Waals surface area contributed by atoms with Crippen LogP contribution in [0.1, 0.15) is 32.3 Å². The van der Waals surface area contributed by atoms with Crippen molar-refractivity contribution in [2.45, 2.75) is 32.2 Å². The Morgan fingerprint density at radius 2 is 2.17 bits per heavy atom. The lowest BCUT2D eigenvalue weighted by molar-refractivity contribution is 0.578. The molecule has 1 atom stereocenters. The molecule has 4 N–H and O–H groups in total. The highest BCUT2D eigenvalue weighted by Crippen LogP contribution is 2.37. The van der Waals surface area contributed by atoms with E-state index in [4.69, 9.17) is 11.5 Å². The van der Waals surface area contributed by atoms with Gasteiger partial charge in [0.05, 0.1) is 5.54 Å². The first-order chi connectivity index (χ1) is 10.9. The lowest BCUT2D eigenvalue weighted by Crippen LogP contribution is -2.40. The van der Waals surface area contributed by atoms with Crippen molar-refractivity contribution in [2.24, 2.45) is 16.5 Å². The van der Waals surface area contributed by atoms with Crippen LogP contribution in [0.5, 0.6) is 0 Å². The largest absolute Gasteiger partial charge is 0.402 e. The zero-order valence-electron chi connectivity index (χ0n) is 13.9. The van der Waals surface area contributed by atoms with Gasteiger partial charge >= 0.3 is 0 Å². The summed E-state index contributed by atoms with van der Waals surface area (Å²) in [5.41, 5.74) is 13.5. The Morgan fingerprint density at radius 3 is 2.78 bits per heavy atom. The quantitative estimate of drug-likeness (QED) is 0.646. The Balaban J connectivity index is 2.47. The van der Waals surface area contributed by atoms with Gasteiger partial charge in [0.1, 0.15) is 5.82 Å². The summed E-state index contributed by atoms with van der Waals surface area (Å²) in [5, 5.41) is 0. The van der Waals surface area contributed by atoms with Gasteiger partial charge in [-0.1, -0.05) is 12.7 Å². The molecule has 2 heterocycles. The maximum absolute atomic E-state index is 5.95. The summed E-state index contributed by atoms with van der Waals surface area (Å²) < 4.78 is 0. The Bertz CT molecular complexity index is 670. The molecule has 1 aromatic rings. The molecule has 23 heavy (non-hydrogen) atoms. The second-order valence-electron chi connectivity index (χ2n) is 6.07. The molecule has 5 heteroatoms. The molecular weight excluding hydrogens is 286 g/mol. The number of nitrogens with two attached hydrogens (primary N) is 2. The van der Waals surface area contributed by atoms with Crippen LogP contribution < -0.4 is 16.4 Å². The molecule has 0 spiro atoms. The van der Waals surface area contributed by atoms with Gasteiger partial charge in [0.25, 0.3) is 0 Å². The van der Waals surface area contributed by atoms with E-state index < -0.39 is 0 Å². The minimum atomic E-state index is -0.132. The second-order valence-corrected chi connectivity index (χ2v) is 6.07. The molecular formula is C18H25N5. The number of hydrogen-bond acceptors (Lipinski definition) is 5. The number of rotatable bonds is 5. The molecule has 0 radical (unpaired) electrons. The van der Waals surface area contributed by atoms with Gasteiger partial charge in [-0.3, -0.25) is 0 Å². The van der Waals surface area contributed by atoms with Crippen molar-refractivity contribution < 1.29 is 0 Å². The standard InChI is InChI=1S/C18H25N5/c1-5-18(4)10-6-12-23(18)17-15(14(3)20)7-8-16(22-17)21-11-9-13(2)19/h5,7-9,11H,1,3,6,10,12,19-20H2,2,4H3. The predicted molar refractivity (Wildman–Crippen MR) is 98.7 cm³/mol. The third kappa shape index (κ3) is 3.62. The summed E-state index contributed by atoms with van der Waals surface area (Å²) in [6.07, 6.45) is 7.48. The van der Waals surface area contributed by atoms with Gasteiger partial charge in [-0.15, -0.1) is 6.58 Å². The van der Waals surface area contributed by atoms with E-state index in [-0.39, 0.29) is 5.54 Å². The molecule has 1 aliphatic rings. The van der Waals surface area contributed by atoms with E-state index in [1.54, 1.807) is 12.3 Å². The summed E-state index contributed by atoms with van der Waals surface area (Å²) in [6.45, 7) is 12.7. The molecule has 0 aliphatic carbocycles. The van der Waals surface area contributed by atoms with Crippen LogP contribution in [0.2, 0.25) is 0 Å². The van der Waals surface area contributed by atoms with E-state index in [1.807, 2.05) is 25.1 Å². The van der Waals surface area contributed by atoms with Crippen LogP contribution >= 0.6 is 0 Å². The zero-order chi connectivity index (χ0) is 17.0. The fraction of sp³-hybridized carbons (Fsp3) is 0.333. The second kappa shape index (κ2) is 6.69. The highest BCUT2D eigenvalue weighted by atomic mass is 15.3. The highest BCUT2D eigenvalue weighted by Gasteiger charge is 2.36. The third-order valence-electron chi connectivity index (χ3n) is 4.13. The van der Waals surface area contributed by atoms with E-state index in [1.165, 1.54) is 0 Å². The fourth-order valence-electron chi connectivity index (χ4n) is 2.74. The van der Waals surface area contributed by atoms with Crippen LogP contribution in [-0.4, -0.2) is 23.3 Å². The van der Waals surface area contributed by atoms with Crippen molar-refractivity contribution in [3.63, 3.8) is 0 Å². The average molecular weight is 311 g/mol. The minimum absolute atomic E-state index is 0.132. The monoisotopic (exact) mass is 311 g/mol. The zero-order valence-corrected chi connectivity index (χ0v) is 13.9. The van der Waals surface area contributed by atoms with Crippen molar-refractivity contribution in [2.75, 3.05) is 11.4 Å². The summed E-state index contributed by atoms with van der Waals surface area (Å²) in [5.74, 6) is 1.42. The summed E-state index contributed by atoms with van der Waals surface area (Å²) in [4.78, 5) is 11.3. The van der Waals surface area contributed by atoms with E-state index in [0.29, 0.717) is 17.2 Å². The van der Waals surface area contributed by atoms with Gasteiger partial charge in [0.15, 0.2) is 5.82 Å². The van der Waals surface area contributed by atoms with Gasteiger partial charge in [-0.25, -0.2) is 9.98 Å². The number of aromatic nitrogens is 1. The van der Waals surface area contributed by atoms with Crippen molar-refractivity contribution in [3.05, 3.63) is 48.7 Å². The number of allylic oxidation sites excluding steroid dienone is 2. The Morgan fingerprint density at radius 1 is 1.43 bits per heavy atom. The molecule has 0 saturated carbocycles. The first kappa shape index (κ1) is 16.8. The lowest BCUT2D eigenvalue weighted by Gasteiger charge is -2.34. The average Bonchev–Trinajstić information content (AvgIpc) is 2.89. The molecule has 0 aromatic carbocycles. The molecule has 1 fully saturated rings. The number of hydrogen-bond donors (Lipinski definition) is 2. The smallest absolute Gasteiger partial charge is 0.154 e. The maximum Gasteiger partial charge on any atom is 0.154 e. The van der Waals surface area contributed by atoms with Crippen LogP contribution in [0.15, 0.2) is 48.1 Å². The van der Waals surface area contributed by atoms with Crippen LogP contribution in [-0.2, 0) is 0 Å². The number of anilines is 1. The van der Waals surface area contributed by atoms with Gasteiger partial charge < -0.3 is 16.4 Å². The number of nitrogens with zero attached hydrogens (tertiary/aromatic N) is 3. The topological polar surface area (TPSA) is 80.5 Å². The molecule has 1 unspecified atom stereocenters. The molecule has 122 valence electrons. The summed E-state index contributed by atoms with van der Waals surface area (Å²) in [7, 11) is 0. The van der Waals surface area contributed by atoms with Gasteiger partial charge in [-0.05, 0) is 44.9 Å². The molecule has 0 amide bonds. The number of pyridine rings is 1. The first-order valence-electron chi connectivity index (χ1n) is 7.71. The van der Waals surface area contributed by atoms with Crippen LogP contribution in [0.3, 0.4) is 0 Å².